The number of hydrogen-bond donors (Lipinski definition) is 1. The third-order valence-corrected chi connectivity index (χ3v) is 8.23. The zero-order valence-electron chi connectivity index (χ0n) is 23.4. The molecule has 1 atom stereocenters. The van der Waals surface area contributed by atoms with E-state index >= 15 is 0 Å². The van der Waals surface area contributed by atoms with Crippen molar-refractivity contribution < 1.29 is 27.5 Å². The molecule has 0 bridgehead atoms. The van der Waals surface area contributed by atoms with E-state index in [0.717, 1.165) is 22.7 Å². The maximum absolute atomic E-state index is 14.0. The number of ether oxygens (including phenoxy) is 2. The number of methoxy groups -OCH3 is 2. The highest BCUT2D eigenvalue weighted by Gasteiger charge is 2.34. The maximum atomic E-state index is 14.0. The molecule has 0 fully saturated rings. The summed E-state index contributed by atoms with van der Waals surface area (Å²) in [4.78, 5) is 28.5. The van der Waals surface area contributed by atoms with E-state index in [4.69, 9.17) is 9.47 Å². The van der Waals surface area contributed by atoms with E-state index in [1.54, 1.807) is 37.3 Å². The Bertz CT molecular complexity index is 1370. The molecule has 0 unspecified atom stereocenters. The standard InChI is InChI=1S/C30H37N3O6S/c1-5-6-19-31-30(35)23(2)32(21-24-13-9-7-10-14-24)29(34)22-33(40(36,37)26-15-11-8-12-16-26)27-20-25(38-3)17-18-28(27)39-4/h7-18,20,23H,5-6,19,21-22H2,1-4H3,(H,31,35)/t23-/m1/s1. The molecule has 0 radical (unpaired) electrons. The summed E-state index contributed by atoms with van der Waals surface area (Å²) in [6, 6.07) is 21.0. The number of unbranched alkanes of at least 4 members (excludes halogenated alkanes) is 1. The monoisotopic (exact) mass is 567 g/mol. The van der Waals surface area contributed by atoms with Crippen LogP contribution in [0.5, 0.6) is 11.5 Å². The van der Waals surface area contributed by atoms with Crippen LogP contribution in [0.25, 0.3) is 0 Å². The maximum Gasteiger partial charge on any atom is 0.264 e. The molecule has 0 spiro atoms. The number of amides is 2. The summed E-state index contributed by atoms with van der Waals surface area (Å²) in [6.45, 7) is 3.71. The molecule has 1 N–H and O–H groups in total. The van der Waals surface area contributed by atoms with Crippen molar-refractivity contribution in [1.29, 1.82) is 0 Å². The van der Waals surface area contributed by atoms with Crippen molar-refractivity contribution in [3.05, 3.63) is 84.4 Å². The molecular formula is C30H37N3O6S. The number of anilines is 1. The van der Waals surface area contributed by atoms with Crippen LogP contribution >= 0.6 is 0 Å². The lowest BCUT2D eigenvalue weighted by atomic mass is 10.1. The van der Waals surface area contributed by atoms with Gasteiger partial charge in [0.05, 0.1) is 24.8 Å². The fourth-order valence-corrected chi connectivity index (χ4v) is 5.56. The minimum absolute atomic E-state index is 0.00707. The number of hydrogen-bond acceptors (Lipinski definition) is 6. The number of nitrogens with zero attached hydrogens (tertiary/aromatic N) is 2. The number of rotatable bonds is 14. The summed E-state index contributed by atoms with van der Waals surface area (Å²) >= 11 is 0. The summed E-state index contributed by atoms with van der Waals surface area (Å²) < 4.78 is 39.8. The van der Waals surface area contributed by atoms with Gasteiger partial charge in [0.25, 0.3) is 10.0 Å². The molecular weight excluding hydrogens is 530 g/mol. The van der Waals surface area contributed by atoms with Crippen LogP contribution in [0.15, 0.2) is 83.8 Å². The quantitative estimate of drug-likeness (QED) is 0.292. The predicted octanol–water partition coefficient (Wildman–Crippen LogP) is 4.23. The molecule has 9 nitrogen and oxygen atoms in total. The zero-order valence-corrected chi connectivity index (χ0v) is 24.2. The highest BCUT2D eigenvalue weighted by atomic mass is 32.2. The van der Waals surface area contributed by atoms with Crippen LogP contribution in [0.1, 0.15) is 32.3 Å². The summed E-state index contributed by atoms with van der Waals surface area (Å²) in [5.41, 5.74) is 0.944. The van der Waals surface area contributed by atoms with Crippen LogP contribution in [0, 0.1) is 0 Å². The first kappa shape index (κ1) is 30.5. The van der Waals surface area contributed by atoms with Gasteiger partial charge < -0.3 is 19.7 Å². The molecule has 3 aromatic carbocycles. The topological polar surface area (TPSA) is 105 Å². The highest BCUT2D eigenvalue weighted by molar-refractivity contribution is 7.92. The van der Waals surface area contributed by atoms with Crippen LogP contribution in [0.4, 0.5) is 5.69 Å². The Morgan fingerprint density at radius 2 is 1.57 bits per heavy atom. The van der Waals surface area contributed by atoms with Crippen molar-refractivity contribution >= 4 is 27.5 Å². The molecule has 3 aromatic rings. The van der Waals surface area contributed by atoms with E-state index in [9.17, 15) is 18.0 Å². The second-order valence-electron chi connectivity index (χ2n) is 9.19. The van der Waals surface area contributed by atoms with Gasteiger partial charge >= 0.3 is 0 Å². The largest absolute Gasteiger partial charge is 0.497 e. The molecule has 0 aliphatic carbocycles. The molecule has 0 aliphatic rings. The third kappa shape index (κ3) is 7.53. The smallest absolute Gasteiger partial charge is 0.264 e. The Hall–Kier alpha value is -4.05. The second kappa shape index (κ2) is 14.4. The average Bonchev–Trinajstić information content (AvgIpc) is 2.98. The van der Waals surface area contributed by atoms with Gasteiger partial charge in [-0.25, -0.2) is 8.42 Å². The van der Waals surface area contributed by atoms with Crippen LogP contribution in [0.2, 0.25) is 0 Å². The van der Waals surface area contributed by atoms with Crippen molar-refractivity contribution in [1.82, 2.24) is 10.2 Å². The molecule has 0 heterocycles. The SMILES string of the molecule is CCCCNC(=O)[C@@H](C)N(Cc1ccccc1)C(=O)CN(c1cc(OC)ccc1OC)S(=O)(=O)c1ccccc1. The average molecular weight is 568 g/mol. The normalized spacial score (nSPS) is 11.8. The molecule has 0 aliphatic heterocycles. The second-order valence-corrected chi connectivity index (χ2v) is 11.1. The number of benzene rings is 3. The van der Waals surface area contributed by atoms with E-state index < -0.39 is 28.5 Å². The number of carbonyl (C=O) groups is 2. The Labute approximate surface area is 236 Å². The van der Waals surface area contributed by atoms with Gasteiger partial charge in [0.1, 0.15) is 24.1 Å². The number of sulfonamides is 1. The number of nitrogens with one attached hydrogen (secondary N) is 1. The van der Waals surface area contributed by atoms with E-state index in [0.29, 0.717) is 12.3 Å². The fraction of sp³-hybridized carbons (Fsp3) is 0.333. The van der Waals surface area contributed by atoms with E-state index in [1.165, 1.54) is 37.3 Å². The Balaban J connectivity index is 2.06. The van der Waals surface area contributed by atoms with Crippen molar-refractivity contribution in [2.24, 2.45) is 0 Å². The van der Waals surface area contributed by atoms with Crippen molar-refractivity contribution in [3.63, 3.8) is 0 Å². The van der Waals surface area contributed by atoms with Gasteiger partial charge in [0, 0.05) is 19.2 Å². The number of carbonyl (C=O) groups excluding carboxylic acids is 2. The van der Waals surface area contributed by atoms with Crippen molar-refractivity contribution in [2.45, 2.75) is 44.2 Å². The first-order valence-electron chi connectivity index (χ1n) is 13.1. The van der Waals surface area contributed by atoms with E-state index in [1.807, 2.05) is 37.3 Å². The Kier molecular flexibility index (Phi) is 11.0. The van der Waals surface area contributed by atoms with Gasteiger partial charge in [-0.3, -0.25) is 13.9 Å². The lowest BCUT2D eigenvalue weighted by Crippen LogP contribution is -2.51. The minimum atomic E-state index is -4.23. The summed E-state index contributed by atoms with van der Waals surface area (Å²) in [7, 11) is -1.34. The predicted molar refractivity (Wildman–Crippen MR) is 155 cm³/mol. The molecule has 0 saturated carbocycles. The minimum Gasteiger partial charge on any atom is -0.497 e. The molecule has 40 heavy (non-hydrogen) atoms. The Morgan fingerprint density at radius 1 is 0.925 bits per heavy atom. The first-order valence-corrected chi connectivity index (χ1v) is 14.6. The first-order chi connectivity index (χ1) is 19.2. The summed E-state index contributed by atoms with van der Waals surface area (Å²) in [5, 5.41) is 2.88. The summed E-state index contributed by atoms with van der Waals surface area (Å²) in [6.07, 6.45) is 1.72. The van der Waals surface area contributed by atoms with Gasteiger partial charge in [-0.2, -0.15) is 0 Å². The molecule has 2 amide bonds. The molecule has 0 saturated heterocycles. The zero-order chi connectivity index (χ0) is 29.1. The van der Waals surface area contributed by atoms with Crippen molar-refractivity contribution in [2.75, 3.05) is 31.6 Å². The summed E-state index contributed by atoms with van der Waals surface area (Å²) in [5.74, 6) is -0.227. The van der Waals surface area contributed by atoms with Crippen LogP contribution in [0.3, 0.4) is 0 Å². The van der Waals surface area contributed by atoms with Crippen LogP contribution in [-0.4, -0.2) is 58.5 Å². The molecule has 0 aromatic heterocycles. The van der Waals surface area contributed by atoms with E-state index in [-0.39, 0.29) is 28.8 Å². The Morgan fingerprint density at radius 3 is 2.17 bits per heavy atom. The molecule has 3 rings (SSSR count). The van der Waals surface area contributed by atoms with Gasteiger partial charge in [0.15, 0.2) is 0 Å². The van der Waals surface area contributed by atoms with Crippen molar-refractivity contribution in [3.8, 4) is 11.5 Å². The molecule has 10 heteroatoms. The van der Waals surface area contributed by atoms with Gasteiger partial charge in [-0.15, -0.1) is 0 Å². The van der Waals surface area contributed by atoms with Gasteiger partial charge in [-0.1, -0.05) is 61.9 Å². The van der Waals surface area contributed by atoms with Gasteiger partial charge in [-0.05, 0) is 43.2 Å². The van der Waals surface area contributed by atoms with Gasteiger partial charge in [0.2, 0.25) is 11.8 Å². The van der Waals surface area contributed by atoms with E-state index in [2.05, 4.69) is 5.32 Å². The third-order valence-electron chi connectivity index (χ3n) is 6.46. The lowest BCUT2D eigenvalue weighted by Gasteiger charge is -2.32. The fourth-order valence-electron chi connectivity index (χ4n) is 4.12. The molecule has 214 valence electrons. The van der Waals surface area contributed by atoms with Crippen LogP contribution < -0.4 is 19.1 Å². The lowest BCUT2D eigenvalue weighted by molar-refractivity contribution is -0.139. The van der Waals surface area contributed by atoms with Crippen LogP contribution in [-0.2, 0) is 26.2 Å². The highest BCUT2D eigenvalue weighted by Crippen LogP contribution is 2.36.